The van der Waals surface area contributed by atoms with Crippen LogP contribution >= 0.6 is 0 Å². The van der Waals surface area contributed by atoms with Crippen LogP contribution in [0.1, 0.15) is 8.97 Å². The second-order valence-corrected chi connectivity index (χ2v) is 4.29. The molecule has 0 saturated carbocycles. The predicted molar refractivity (Wildman–Crippen MR) is 68.6 cm³/mol. The molecule has 0 aliphatic carbocycles. The lowest BCUT2D eigenvalue weighted by atomic mass is 9.94. The number of hydrogen-bond donors (Lipinski definition) is 4. The molecule has 8 nitrogen and oxygen atoms in total. The number of nitrogens with zero attached hydrogens (tertiary/aromatic N) is 2. The zero-order valence-corrected chi connectivity index (χ0v) is 10.6. The molecule has 1 saturated heterocycles. The van der Waals surface area contributed by atoms with E-state index in [4.69, 9.17) is 13.2 Å². The van der Waals surface area contributed by atoms with Crippen molar-refractivity contribution in [3.63, 3.8) is 0 Å². The summed E-state index contributed by atoms with van der Waals surface area (Å²) in [6.07, 6.45) is -4.64. The van der Waals surface area contributed by atoms with Gasteiger partial charge in [0.2, 0.25) is 0 Å². The highest BCUT2D eigenvalue weighted by Crippen LogP contribution is 2.37. The van der Waals surface area contributed by atoms with Crippen molar-refractivity contribution in [3.05, 3.63) is 22.7 Å². The van der Waals surface area contributed by atoms with Gasteiger partial charge in [-0.25, -0.2) is 9.18 Å². The molecule has 4 atom stereocenters. The molecule has 1 aliphatic heterocycles. The van der Waals surface area contributed by atoms with E-state index in [0.717, 1.165) is 6.20 Å². The molecular weight excluding hydrogens is 285 g/mol. The summed E-state index contributed by atoms with van der Waals surface area (Å²) in [5.41, 5.74) is 1.83. The second kappa shape index (κ2) is 5.79. The first-order chi connectivity index (χ1) is 10.6. The van der Waals surface area contributed by atoms with Gasteiger partial charge in [-0.3, -0.25) is 4.57 Å². The van der Waals surface area contributed by atoms with E-state index in [-0.39, 0.29) is 5.82 Å². The molecule has 114 valence electrons. The van der Waals surface area contributed by atoms with Crippen LogP contribution in [0, 0.1) is 11.8 Å². The largest absolute Gasteiger partial charge is 0.394 e. The standard InChI is InChI=1S/C12H14FN3O5/c13-4-1-3-12(20)9(18)7(6-17)21-10(12)16-5-2-8(14)15-11(16)19/h2,5,7,9-10,17-18,20H,4,6H2,(H2,14,15,19)/t7-,9+,10-,12?/m1/s1/i6D2. The van der Waals surface area contributed by atoms with E-state index in [2.05, 4.69) is 4.98 Å². The Morgan fingerprint density at radius 2 is 2.43 bits per heavy atom. The van der Waals surface area contributed by atoms with Gasteiger partial charge in [-0.15, -0.1) is 0 Å². The normalized spacial score (nSPS) is 33.8. The fourth-order valence-electron chi connectivity index (χ4n) is 1.99. The van der Waals surface area contributed by atoms with Gasteiger partial charge in [0.25, 0.3) is 0 Å². The van der Waals surface area contributed by atoms with Crippen LogP contribution in [0.3, 0.4) is 0 Å². The zero-order valence-electron chi connectivity index (χ0n) is 12.6. The third-order valence-electron chi connectivity index (χ3n) is 2.98. The van der Waals surface area contributed by atoms with Gasteiger partial charge in [-0.05, 0) is 6.07 Å². The topological polar surface area (TPSA) is 131 Å². The number of nitrogen functional groups attached to an aromatic ring is 1. The Morgan fingerprint density at radius 1 is 1.71 bits per heavy atom. The number of alkyl halides is 1. The molecule has 0 radical (unpaired) electrons. The molecule has 5 N–H and O–H groups in total. The molecule has 9 heteroatoms. The molecule has 0 aromatic carbocycles. The van der Waals surface area contributed by atoms with Crippen LogP contribution < -0.4 is 11.4 Å². The maximum absolute atomic E-state index is 12.3. The average molecular weight is 301 g/mol. The minimum absolute atomic E-state index is 0.114. The van der Waals surface area contributed by atoms with Crippen LogP contribution in [0.25, 0.3) is 0 Å². The van der Waals surface area contributed by atoms with Crippen molar-refractivity contribution in [2.45, 2.75) is 24.0 Å². The SMILES string of the molecule is [2H]C([2H])(O)[C@H]1O[C@@H](n2ccc(N)nc2=O)C(O)(C#CCF)[C@H]1O. The molecule has 0 spiro atoms. The van der Waals surface area contributed by atoms with Crippen LogP contribution in [0.2, 0.25) is 0 Å². The zero-order chi connectivity index (χ0) is 17.4. The fourth-order valence-corrected chi connectivity index (χ4v) is 1.99. The maximum atomic E-state index is 12.3. The summed E-state index contributed by atoms with van der Waals surface area (Å²) in [5.74, 6) is 3.79. The van der Waals surface area contributed by atoms with E-state index in [1.54, 1.807) is 0 Å². The van der Waals surface area contributed by atoms with E-state index in [1.165, 1.54) is 6.07 Å². The van der Waals surface area contributed by atoms with Crippen molar-refractivity contribution in [1.82, 2.24) is 9.55 Å². The van der Waals surface area contributed by atoms with Gasteiger partial charge in [0.1, 0.15) is 24.7 Å². The Kier molecular flexibility index (Phi) is 3.51. The molecule has 1 fully saturated rings. The van der Waals surface area contributed by atoms with Gasteiger partial charge in [-0.2, -0.15) is 4.98 Å². The van der Waals surface area contributed by atoms with Crippen LogP contribution in [0.5, 0.6) is 0 Å². The molecule has 1 unspecified atom stereocenters. The Labute approximate surface area is 121 Å². The summed E-state index contributed by atoms with van der Waals surface area (Å²) < 4.78 is 32.6. The van der Waals surface area contributed by atoms with Gasteiger partial charge in [0, 0.05) is 6.20 Å². The predicted octanol–water partition coefficient (Wildman–Crippen LogP) is -2.22. The van der Waals surface area contributed by atoms with Crippen LogP contribution in [-0.2, 0) is 4.74 Å². The third-order valence-corrected chi connectivity index (χ3v) is 2.98. The molecule has 2 heterocycles. The van der Waals surface area contributed by atoms with Crippen LogP contribution in [-0.4, -0.2) is 55.9 Å². The van der Waals surface area contributed by atoms with E-state index in [1.807, 2.05) is 11.8 Å². The van der Waals surface area contributed by atoms with Crippen molar-refractivity contribution >= 4 is 5.82 Å². The number of aliphatic hydroxyl groups excluding tert-OH is 1. The lowest BCUT2D eigenvalue weighted by Gasteiger charge is -2.26. The Bertz CT molecular complexity index is 713. The summed E-state index contributed by atoms with van der Waals surface area (Å²) in [6.45, 7) is -4.21. The van der Waals surface area contributed by atoms with Crippen molar-refractivity contribution in [2.24, 2.45) is 0 Å². The highest BCUT2D eigenvalue weighted by molar-refractivity contribution is 5.26. The van der Waals surface area contributed by atoms with Crippen molar-refractivity contribution in [2.75, 3.05) is 19.0 Å². The minimum Gasteiger partial charge on any atom is -0.394 e. The summed E-state index contributed by atoms with van der Waals surface area (Å²) in [4.78, 5) is 15.3. The van der Waals surface area contributed by atoms with E-state index >= 15 is 0 Å². The molecular formula is C12H14FN3O5. The minimum atomic E-state index is -3.05. The first-order valence-corrected chi connectivity index (χ1v) is 5.80. The van der Waals surface area contributed by atoms with Crippen LogP contribution in [0.15, 0.2) is 17.1 Å². The van der Waals surface area contributed by atoms with Crippen LogP contribution in [0.4, 0.5) is 10.2 Å². The Balaban J connectivity index is 2.56. The summed E-state index contributed by atoms with van der Waals surface area (Å²) in [6, 6.07) is 1.20. The smallest absolute Gasteiger partial charge is 0.351 e. The van der Waals surface area contributed by atoms with Crippen molar-refractivity contribution in [3.8, 4) is 11.8 Å². The Hall–Kier alpha value is -1.99. The van der Waals surface area contributed by atoms with Gasteiger partial charge >= 0.3 is 5.69 Å². The van der Waals surface area contributed by atoms with Gasteiger partial charge in [0.05, 0.1) is 9.30 Å². The maximum Gasteiger partial charge on any atom is 0.351 e. The summed E-state index contributed by atoms with van der Waals surface area (Å²) >= 11 is 0. The lowest BCUT2D eigenvalue weighted by Crippen LogP contribution is -2.47. The number of aliphatic hydroxyl groups is 3. The second-order valence-electron chi connectivity index (χ2n) is 4.29. The Morgan fingerprint density at radius 3 is 3.00 bits per heavy atom. The molecule has 0 amide bonds. The number of rotatable bonds is 2. The molecule has 21 heavy (non-hydrogen) atoms. The molecule has 1 aromatic heterocycles. The van der Waals surface area contributed by atoms with E-state index in [0.29, 0.717) is 4.57 Å². The fraction of sp³-hybridized carbons (Fsp3) is 0.500. The lowest BCUT2D eigenvalue weighted by molar-refractivity contribution is -0.0764. The van der Waals surface area contributed by atoms with Gasteiger partial charge in [-0.1, -0.05) is 11.8 Å². The van der Waals surface area contributed by atoms with Crippen molar-refractivity contribution < 1.29 is 27.2 Å². The number of ether oxygens (including phenoxy) is 1. The highest BCUT2D eigenvalue weighted by atomic mass is 19.1. The molecule has 0 bridgehead atoms. The molecule has 2 rings (SSSR count). The van der Waals surface area contributed by atoms with E-state index in [9.17, 15) is 24.5 Å². The van der Waals surface area contributed by atoms with Gasteiger partial charge in [0.15, 0.2) is 11.8 Å². The number of hydrogen-bond acceptors (Lipinski definition) is 7. The highest BCUT2D eigenvalue weighted by Gasteiger charge is 2.55. The quantitative estimate of drug-likeness (QED) is 0.455. The average Bonchev–Trinajstić information content (AvgIpc) is 2.70. The van der Waals surface area contributed by atoms with Gasteiger partial charge < -0.3 is 25.8 Å². The number of nitrogens with two attached hydrogens (primary N) is 1. The summed E-state index contributed by atoms with van der Waals surface area (Å²) in [5, 5.41) is 30.0. The summed E-state index contributed by atoms with van der Waals surface area (Å²) in [7, 11) is 0. The number of anilines is 1. The number of halogens is 1. The number of aromatic nitrogens is 2. The van der Waals surface area contributed by atoms with E-state index < -0.39 is 43.0 Å². The first kappa shape index (κ1) is 12.7. The molecule has 1 aliphatic rings. The third kappa shape index (κ3) is 2.62. The van der Waals surface area contributed by atoms with Crippen molar-refractivity contribution in [1.29, 1.82) is 0 Å². The first-order valence-electron chi connectivity index (χ1n) is 6.80. The molecule has 1 aromatic rings. The monoisotopic (exact) mass is 301 g/mol.